The summed E-state index contributed by atoms with van der Waals surface area (Å²) >= 11 is 6.79. The van der Waals surface area contributed by atoms with Crippen LogP contribution in [0.2, 0.25) is 12.1 Å². The predicted octanol–water partition coefficient (Wildman–Crippen LogP) is 4.42. The first-order chi connectivity index (χ1) is 6.47. The summed E-state index contributed by atoms with van der Waals surface area (Å²) in [4.78, 5) is 0. The molecular formula is C12H19ClSi. The van der Waals surface area contributed by atoms with Gasteiger partial charge in [0.05, 0.1) is 0 Å². The number of hydrogen-bond donors (Lipinski definition) is 0. The van der Waals surface area contributed by atoms with Crippen molar-refractivity contribution < 1.29 is 0 Å². The quantitative estimate of drug-likeness (QED) is 0.459. The van der Waals surface area contributed by atoms with Crippen LogP contribution in [0.25, 0.3) is 0 Å². The lowest BCUT2D eigenvalue weighted by molar-refractivity contribution is 0.820. The fourth-order valence-electron chi connectivity index (χ4n) is 2.84. The summed E-state index contributed by atoms with van der Waals surface area (Å²) < 4.78 is 0. The van der Waals surface area contributed by atoms with E-state index in [9.17, 15) is 0 Å². The van der Waals surface area contributed by atoms with Crippen LogP contribution in [0.15, 0.2) is 21.9 Å². The van der Waals surface area contributed by atoms with Crippen LogP contribution in [0, 0.1) is 5.92 Å². The molecule has 1 saturated heterocycles. The SMILES string of the molecule is CC1=C(C)C(C)C([Si]2(Cl)CCC2)=C1C. The van der Waals surface area contributed by atoms with Gasteiger partial charge >= 0.3 is 0 Å². The molecule has 0 aromatic carbocycles. The van der Waals surface area contributed by atoms with E-state index in [1.165, 1.54) is 29.7 Å². The maximum absolute atomic E-state index is 6.79. The smallest absolute Gasteiger partial charge is 0.161 e. The Kier molecular flexibility index (Phi) is 2.43. The molecule has 1 fully saturated rings. The van der Waals surface area contributed by atoms with E-state index in [0.717, 1.165) is 0 Å². The van der Waals surface area contributed by atoms with Gasteiger partial charge in [0.1, 0.15) is 0 Å². The van der Waals surface area contributed by atoms with E-state index in [1.54, 1.807) is 10.8 Å². The molecule has 78 valence electrons. The highest BCUT2D eigenvalue weighted by molar-refractivity contribution is 7.25. The number of rotatable bonds is 1. The molecule has 14 heavy (non-hydrogen) atoms. The second-order valence-electron chi connectivity index (χ2n) is 4.89. The summed E-state index contributed by atoms with van der Waals surface area (Å²) in [6, 6.07) is 2.62. The van der Waals surface area contributed by atoms with Gasteiger partial charge in [0, 0.05) is 0 Å². The van der Waals surface area contributed by atoms with Gasteiger partial charge in [0.25, 0.3) is 0 Å². The zero-order valence-electron chi connectivity index (χ0n) is 9.58. The molecule has 0 aromatic heterocycles. The second kappa shape index (κ2) is 3.24. The van der Waals surface area contributed by atoms with Gasteiger partial charge in [-0.25, -0.2) is 0 Å². The monoisotopic (exact) mass is 226 g/mol. The van der Waals surface area contributed by atoms with Gasteiger partial charge in [0.15, 0.2) is 7.38 Å². The lowest BCUT2D eigenvalue weighted by atomic mass is 10.1. The van der Waals surface area contributed by atoms with Crippen molar-refractivity contribution in [2.24, 2.45) is 5.92 Å². The van der Waals surface area contributed by atoms with Crippen LogP contribution in [0.3, 0.4) is 0 Å². The van der Waals surface area contributed by atoms with E-state index in [2.05, 4.69) is 27.7 Å². The molecule has 0 bridgehead atoms. The summed E-state index contributed by atoms with van der Waals surface area (Å²) in [7, 11) is -1.46. The number of allylic oxidation sites excluding steroid dienone is 4. The van der Waals surface area contributed by atoms with Crippen molar-refractivity contribution in [1.29, 1.82) is 0 Å². The van der Waals surface area contributed by atoms with E-state index >= 15 is 0 Å². The molecule has 2 heteroatoms. The molecule has 1 aliphatic carbocycles. The standard InChI is InChI=1S/C12H19ClSi/c1-8-9(2)11(4)12(10(8)3)14(13)6-5-7-14/h10H,5-7H2,1-4H3. The van der Waals surface area contributed by atoms with Crippen LogP contribution in [0.1, 0.15) is 34.1 Å². The third-order valence-corrected chi connectivity index (χ3v) is 10.1. The molecule has 1 aliphatic heterocycles. The predicted molar refractivity (Wildman–Crippen MR) is 66.1 cm³/mol. The normalized spacial score (nSPS) is 31.1. The first-order valence-corrected chi connectivity index (χ1v) is 8.98. The van der Waals surface area contributed by atoms with Crippen LogP contribution >= 0.6 is 11.1 Å². The Hall–Kier alpha value is -0.0131. The minimum atomic E-state index is -1.46. The molecule has 1 unspecified atom stereocenters. The van der Waals surface area contributed by atoms with Crippen LogP contribution < -0.4 is 0 Å². The number of hydrogen-bond acceptors (Lipinski definition) is 0. The molecule has 0 aromatic rings. The largest absolute Gasteiger partial charge is 0.183 e. The zero-order chi connectivity index (χ0) is 10.5. The van der Waals surface area contributed by atoms with Gasteiger partial charge in [-0.05, 0) is 44.4 Å². The van der Waals surface area contributed by atoms with Crippen molar-refractivity contribution in [2.45, 2.75) is 46.2 Å². The third-order valence-electron chi connectivity index (χ3n) is 4.27. The Bertz CT molecular complexity index is 334. The van der Waals surface area contributed by atoms with Gasteiger partial charge in [-0.3, -0.25) is 0 Å². The highest BCUT2D eigenvalue weighted by Crippen LogP contribution is 2.50. The lowest BCUT2D eigenvalue weighted by Gasteiger charge is -2.37. The fraction of sp³-hybridized carbons (Fsp3) is 0.667. The van der Waals surface area contributed by atoms with Gasteiger partial charge in [0.2, 0.25) is 0 Å². The van der Waals surface area contributed by atoms with Crippen molar-refractivity contribution >= 4 is 18.5 Å². The van der Waals surface area contributed by atoms with Crippen molar-refractivity contribution in [2.75, 3.05) is 0 Å². The van der Waals surface area contributed by atoms with Crippen molar-refractivity contribution in [3.8, 4) is 0 Å². The first kappa shape index (κ1) is 10.5. The van der Waals surface area contributed by atoms with E-state index in [-0.39, 0.29) is 0 Å². The number of halogens is 1. The molecule has 0 nitrogen and oxygen atoms in total. The van der Waals surface area contributed by atoms with Crippen molar-refractivity contribution in [1.82, 2.24) is 0 Å². The Morgan fingerprint density at radius 3 is 2.00 bits per heavy atom. The average molecular weight is 227 g/mol. The molecule has 1 atom stereocenters. The fourth-order valence-corrected chi connectivity index (χ4v) is 7.93. The van der Waals surface area contributed by atoms with Crippen LogP contribution in [-0.4, -0.2) is 7.38 Å². The highest BCUT2D eigenvalue weighted by atomic mass is 35.6. The Morgan fingerprint density at radius 2 is 1.71 bits per heavy atom. The van der Waals surface area contributed by atoms with Gasteiger partial charge < -0.3 is 0 Å². The van der Waals surface area contributed by atoms with Gasteiger partial charge in [-0.2, -0.15) is 11.1 Å². The summed E-state index contributed by atoms with van der Waals surface area (Å²) in [5.41, 5.74) is 4.58. The van der Waals surface area contributed by atoms with E-state index in [4.69, 9.17) is 11.1 Å². The first-order valence-electron chi connectivity index (χ1n) is 5.55. The Balaban J connectivity index is 2.39. The molecule has 2 aliphatic rings. The molecule has 0 spiro atoms. The van der Waals surface area contributed by atoms with Crippen LogP contribution in [-0.2, 0) is 0 Å². The summed E-state index contributed by atoms with van der Waals surface area (Å²) in [5, 5.41) is 1.65. The van der Waals surface area contributed by atoms with Crippen molar-refractivity contribution in [3.63, 3.8) is 0 Å². The molecule has 0 radical (unpaired) electrons. The topological polar surface area (TPSA) is 0 Å². The van der Waals surface area contributed by atoms with E-state index < -0.39 is 7.38 Å². The molecular weight excluding hydrogens is 208 g/mol. The summed E-state index contributed by atoms with van der Waals surface area (Å²) in [6.45, 7) is 9.12. The molecule has 2 rings (SSSR count). The summed E-state index contributed by atoms with van der Waals surface area (Å²) in [6.07, 6.45) is 1.36. The molecule has 0 N–H and O–H groups in total. The average Bonchev–Trinajstić information content (AvgIpc) is 2.28. The maximum Gasteiger partial charge on any atom is 0.183 e. The molecule has 0 saturated carbocycles. The minimum Gasteiger partial charge on any atom is -0.161 e. The zero-order valence-corrected chi connectivity index (χ0v) is 11.3. The summed E-state index contributed by atoms with van der Waals surface area (Å²) in [5.74, 6) is 0.638. The molecule has 0 amide bonds. The lowest BCUT2D eigenvalue weighted by Crippen LogP contribution is -2.40. The van der Waals surface area contributed by atoms with E-state index in [1.807, 2.05) is 0 Å². The Morgan fingerprint density at radius 1 is 1.14 bits per heavy atom. The maximum atomic E-state index is 6.79. The highest BCUT2D eigenvalue weighted by Gasteiger charge is 2.46. The minimum absolute atomic E-state index is 0.638. The van der Waals surface area contributed by atoms with Crippen molar-refractivity contribution in [3.05, 3.63) is 21.9 Å². The van der Waals surface area contributed by atoms with Crippen LogP contribution in [0.4, 0.5) is 0 Å². The third kappa shape index (κ3) is 1.25. The Labute approximate surface area is 92.8 Å². The van der Waals surface area contributed by atoms with Crippen LogP contribution in [0.5, 0.6) is 0 Å². The van der Waals surface area contributed by atoms with E-state index in [0.29, 0.717) is 5.92 Å². The van der Waals surface area contributed by atoms with Gasteiger partial charge in [-0.1, -0.05) is 29.7 Å². The van der Waals surface area contributed by atoms with Gasteiger partial charge in [-0.15, -0.1) is 0 Å². The second-order valence-corrected chi connectivity index (χ2v) is 10.5. The molecule has 1 heterocycles.